The minimum Gasteiger partial charge on any atom is -0.379 e. The summed E-state index contributed by atoms with van der Waals surface area (Å²) < 4.78 is 106. The van der Waals surface area contributed by atoms with Gasteiger partial charge in [0.1, 0.15) is 11.6 Å². The second-order valence-corrected chi connectivity index (χ2v) is 43.8. The number of aliphatic imine (C=N–C) groups is 6. The van der Waals surface area contributed by atoms with Crippen molar-refractivity contribution in [2.24, 2.45) is 41.4 Å². The molecule has 0 radical (unpaired) electrons. The molecular formula is C102H114Cl4F8N22S8. The molecular weight excluding hydrogens is 2080 g/mol. The third kappa shape index (κ3) is 37.4. The van der Waals surface area contributed by atoms with Gasteiger partial charge in [-0.25, -0.2) is 38.7 Å². The summed E-state index contributed by atoms with van der Waals surface area (Å²) in [7, 11) is 0. The standard InChI is InChI=1S/C32H40N6S2.C31H31Cl4F3N6S2.C28H30F2N6S2.C11H13F3N4S2/c1-23-9-11-25(3)29(13-23)15-37-19-33-31(34-20-37)39-17-27-7-5-6-8-28(27)18-40-32-35-21-38(22-36-32)16-30-14-24(2)10-12-26(30)4;32-25-5-1-20(11-27(25)34)7-9-43-16-39-29(40-17-43)45-14-22-3-4-24(31(36,37)38)13-23(22)15-46-30-41-18-44(19-42-30)10-8-21-2-6-26(33)28(35)12-21;29-25-9-3-5-21(11-25)13-35-17-31-27(32-18-35)37-15-23-7-1-2-8-24(23)16-38-28-33-19-36(20-34-28)14-22-6-4-10-26(30)12-22;12-11(13,14)8-2-1-6(4-19-9(15)16)7(3-8)5-20-10(17)18/h5-14H,15-22H2,1-4H3,(H,33,34)(H,35,36);1-6,11-13H,7-10,14-19H2,(H,39,40)(H,41,42);1-12H,13-20H2,(H,31,32)(H,33,34);1-3H,4-5H2,(H3,15,16)(H3,17,18). The van der Waals surface area contributed by atoms with Gasteiger partial charge in [-0.3, -0.25) is 40.2 Å². The highest BCUT2D eigenvalue weighted by atomic mass is 35.5. The first-order valence-electron chi connectivity index (χ1n) is 46.0. The first kappa shape index (κ1) is 112. The van der Waals surface area contributed by atoms with Crippen molar-refractivity contribution in [1.82, 2.24) is 61.3 Å². The maximum Gasteiger partial charge on any atom is 0.416 e. The number of nitrogens with zero attached hydrogens (tertiary/aromatic N) is 12. The molecule has 0 aromatic heterocycles. The van der Waals surface area contributed by atoms with Gasteiger partial charge in [-0.2, -0.15) is 26.3 Å². The highest BCUT2D eigenvalue weighted by Gasteiger charge is 2.33. The van der Waals surface area contributed by atoms with Crippen LogP contribution < -0.4 is 43.4 Å². The van der Waals surface area contributed by atoms with Crippen molar-refractivity contribution in [1.29, 1.82) is 10.8 Å². The van der Waals surface area contributed by atoms with Gasteiger partial charge in [-0.05, 0) is 202 Å². The Hall–Kier alpha value is -8.88. The molecule has 12 N–H and O–H groups in total. The highest BCUT2D eigenvalue weighted by Crippen LogP contribution is 2.37. The maximum atomic E-state index is 13.6. The maximum absolute atomic E-state index is 13.6. The Labute approximate surface area is 890 Å². The number of aryl methyl sites for hydroxylation is 4. The fourth-order valence-corrected chi connectivity index (χ4v) is 22.3. The Morgan fingerprint density at radius 1 is 0.312 bits per heavy atom. The normalized spacial score (nSPS) is 15.5. The monoisotopic (exact) mass is 2190 g/mol. The highest BCUT2D eigenvalue weighted by molar-refractivity contribution is 8.15. The van der Waals surface area contributed by atoms with Crippen LogP contribution in [-0.4, -0.2) is 164 Å². The summed E-state index contributed by atoms with van der Waals surface area (Å²) in [5.74, 6) is 4.38. The molecule has 0 aliphatic carbocycles. The van der Waals surface area contributed by atoms with Gasteiger partial charge in [-0.15, -0.1) is 0 Å². The summed E-state index contributed by atoms with van der Waals surface area (Å²) in [6.45, 7) is 21.3. The Balaban J connectivity index is 0.000000166. The summed E-state index contributed by atoms with van der Waals surface area (Å²) in [5.41, 5.74) is 29.0. The summed E-state index contributed by atoms with van der Waals surface area (Å²) in [4.78, 5) is 41.5. The number of rotatable bonds is 30. The van der Waals surface area contributed by atoms with E-state index in [1.807, 2.05) is 36.4 Å². The number of thioether (sulfide) groups is 8. The molecule has 0 saturated heterocycles. The first-order chi connectivity index (χ1) is 69.3. The molecule has 6 aliphatic rings. The molecule has 144 heavy (non-hydrogen) atoms. The van der Waals surface area contributed by atoms with Gasteiger partial charge in [0.25, 0.3) is 0 Å². The van der Waals surface area contributed by atoms with Gasteiger partial charge in [0, 0.05) is 85.3 Å². The number of amidine groups is 8. The predicted molar refractivity (Wildman–Crippen MR) is 592 cm³/mol. The number of hydrogen-bond donors (Lipinski definition) is 10. The van der Waals surface area contributed by atoms with Crippen molar-refractivity contribution in [3.05, 3.63) is 349 Å². The lowest BCUT2D eigenvalue weighted by Gasteiger charge is -2.27. The molecule has 6 heterocycles. The molecule has 6 aliphatic heterocycles. The van der Waals surface area contributed by atoms with E-state index in [2.05, 4.69) is 194 Å². The molecule has 22 nitrogen and oxygen atoms in total. The zero-order chi connectivity index (χ0) is 102. The number of halogens is 12. The molecule has 42 heteroatoms. The molecule has 0 spiro atoms. The topological polar surface area (TPSA) is 266 Å². The van der Waals surface area contributed by atoms with Gasteiger partial charge in [0.2, 0.25) is 0 Å². The predicted octanol–water partition coefficient (Wildman–Crippen LogP) is 22.9. The molecule has 10 aromatic carbocycles. The number of hydrogen-bond acceptors (Lipinski definition) is 28. The van der Waals surface area contributed by atoms with Crippen LogP contribution in [0.5, 0.6) is 0 Å². The van der Waals surface area contributed by atoms with Gasteiger partial charge in [-0.1, -0.05) is 285 Å². The van der Waals surface area contributed by atoms with Crippen LogP contribution in [0.2, 0.25) is 20.1 Å². The molecule has 16 rings (SSSR count). The van der Waals surface area contributed by atoms with Crippen LogP contribution in [0.3, 0.4) is 0 Å². The average molecular weight is 2200 g/mol. The molecule has 0 bridgehead atoms. The number of alkyl halides is 6. The molecule has 764 valence electrons. The van der Waals surface area contributed by atoms with Gasteiger partial charge in [0.15, 0.2) is 41.3 Å². The molecule has 0 atom stereocenters. The Bertz CT molecular complexity index is 6020. The lowest BCUT2D eigenvalue weighted by molar-refractivity contribution is -0.138. The van der Waals surface area contributed by atoms with E-state index in [1.54, 1.807) is 89.5 Å². The second-order valence-electron chi connectivity index (χ2n) is 34.4. The van der Waals surface area contributed by atoms with Gasteiger partial charge in [0.05, 0.1) is 111 Å². The average Bonchev–Trinajstić information content (AvgIpc) is 0.820. The van der Waals surface area contributed by atoms with Crippen molar-refractivity contribution < 1.29 is 35.1 Å². The van der Waals surface area contributed by atoms with Crippen LogP contribution in [0.25, 0.3) is 0 Å². The van der Waals surface area contributed by atoms with Crippen LogP contribution in [0.15, 0.2) is 236 Å². The molecule has 0 fully saturated rings. The Morgan fingerprint density at radius 3 is 0.917 bits per heavy atom. The van der Waals surface area contributed by atoms with Crippen LogP contribution in [0.1, 0.15) is 111 Å². The van der Waals surface area contributed by atoms with Crippen molar-refractivity contribution in [3.8, 4) is 0 Å². The lowest BCUT2D eigenvalue weighted by Crippen LogP contribution is -2.42. The molecule has 10 aromatic rings. The first-order valence-corrected chi connectivity index (χ1v) is 55.4. The lowest BCUT2D eigenvalue weighted by atomic mass is 10.1. The van der Waals surface area contributed by atoms with Gasteiger partial charge < -0.3 is 43.4 Å². The van der Waals surface area contributed by atoms with Crippen LogP contribution in [-0.2, 0) is 97.4 Å². The van der Waals surface area contributed by atoms with Crippen LogP contribution in [0, 0.1) is 50.1 Å². The summed E-state index contributed by atoms with van der Waals surface area (Å²) in [6.07, 6.45) is -7.24. The molecule has 0 saturated carbocycles. The van der Waals surface area contributed by atoms with Crippen LogP contribution in [0.4, 0.5) is 35.1 Å². The molecule has 0 unspecified atom stereocenters. The fourth-order valence-electron chi connectivity index (χ4n) is 15.2. The SMILES string of the molecule is Cc1ccc(C)c(CN2CN=C(SCc3ccccc3CSC3=NCN(Cc4cc(C)ccc4C)CN3)NC2)c1.FC(F)(F)c1ccc(CSC2=NCN(CCc3ccc(Cl)c(Cl)c3)CN2)c(CSC2=NCN(CCc3ccc(Cl)c(Cl)c3)CN2)c1.Fc1cccc(CN2CN=C(SCc3ccccc3CSC3=NCN(Cc4cccc(F)c4)CN3)NC2)c1.N=C(N)SCc1ccc(C(F)(F)F)cc1CSC(=N)N. The summed E-state index contributed by atoms with van der Waals surface area (Å²) in [5, 5.41) is 42.0. The third-order valence-corrected chi connectivity index (χ3v) is 32.3. The number of nitrogens with one attached hydrogen (secondary N) is 8. The van der Waals surface area contributed by atoms with Crippen molar-refractivity contribution in [2.45, 2.75) is 125 Å². The fraction of sp³-hybridized carbons (Fsp3) is 0.333. The van der Waals surface area contributed by atoms with Crippen molar-refractivity contribution in [2.75, 3.05) is 93.1 Å². The zero-order valence-corrected chi connectivity index (χ0v) is 89.3. The third-order valence-electron chi connectivity index (χ3n) is 23.3. The second kappa shape index (κ2) is 56.5. The zero-order valence-electron chi connectivity index (χ0n) is 79.8. The smallest absolute Gasteiger partial charge is 0.379 e. The minimum atomic E-state index is -4.42. The van der Waals surface area contributed by atoms with Crippen LogP contribution >= 0.6 is 140 Å². The molecule has 0 amide bonds. The van der Waals surface area contributed by atoms with E-state index in [-0.39, 0.29) is 27.7 Å². The van der Waals surface area contributed by atoms with Crippen molar-refractivity contribution >= 4 is 182 Å². The van der Waals surface area contributed by atoms with E-state index in [9.17, 15) is 35.1 Å². The van der Waals surface area contributed by atoms with E-state index in [1.165, 1.54) is 103 Å². The van der Waals surface area contributed by atoms with E-state index >= 15 is 0 Å². The Kier molecular flexibility index (Phi) is 44.1. The minimum absolute atomic E-state index is 0.102. The number of benzene rings is 10. The Morgan fingerprint density at radius 2 is 0.611 bits per heavy atom. The van der Waals surface area contributed by atoms with Crippen molar-refractivity contribution in [3.63, 3.8) is 0 Å². The van der Waals surface area contributed by atoms with Gasteiger partial charge >= 0.3 is 12.4 Å². The summed E-state index contributed by atoms with van der Waals surface area (Å²) >= 11 is 36.1. The largest absolute Gasteiger partial charge is 0.416 e. The van der Waals surface area contributed by atoms with E-state index in [0.29, 0.717) is 126 Å². The van der Waals surface area contributed by atoms with E-state index < -0.39 is 23.5 Å². The van der Waals surface area contributed by atoms with E-state index in [0.717, 1.165) is 184 Å². The quantitative estimate of drug-likeness (QED) is 0.0114. The van der Waals surface area contributed by atoms with E-state index in [4.69, 9.17) is 78.7 Å². The summed E-state index contributed by atoms with van der Waals surface area (Å²) in [6, 6.07) is 62.6. The number of nitrogens with two attached hydrogens (primary N) is 2.